The van der Waals surface area contributed by atoms with Gasteiger partial charge >= 0.3 is 138 Å². The van der Waals surface area contributed by atoms with Crippen molar-refractivity contribution in [3.8, 4) is 5.88 Å². The number of guanidine groups is 2. The number of carbonyl (C=O) groups excluding carboxylic acids is 1. The number of thiazole rings is 2. The van der Waals surface area contributed by atoms with Crippen LogP contribution in [0.15, 0.2) is 80.8 Å². The van der Waals surface area contributed by atoms with E-state index in [2.05, 4.69) is 44.8 Å². The second-order valence-electron chi connectivity index (χ2n) is 15.7. The molecule has 0 spiro atoms. The normalized spacial score (nSPS) is 18.4. The smallest absolute Gasteiger partial charge is 1.00 e. The van der Waals surface area contributed by atoms with Crippen LogP contribution in [0.3, 0.4) is 0 Å². The number of aliphatic hydroxyl groups is 1. The number of hydrogen-bond acceptors (Lipinski definition) is 21. The molecule has 0 fully saturated rings. The molecule has 0 amide bonds. The Bertz CT molecular complexity index is 3350. The van der Waals surface area contributed by atoms with Gasteiger partial charge in [0.25, 0.3) is 6.47 Å². The third-order valence-corrected chi connectivity index (χ3v) is 15.6. The van der Waals surface area contributed by atoms with E-state index in [1.54, 1.807) is 16.4 Å². The van der Waals surface area contributed by atoms with E-state index in [9.17, 15) is 43.2 Å². The van der Waals surface area contributed by atoms with Crippen molar-refractivity contribution in [1.29, 1.82) is 0 Å². The Kier molecular flexibility index (Phi) is 26.7. The Morgan fingerprint density at radius 1 is 0.753 bits per heavy atom. The largest absolute Gasteiger partial charge is 1.00 e. The van der Waals surface area contributed by atoms with Crippen LogP contribution in [0, 0.1) is 23.3 Å². The van der Waals surface area contributed by atoms with Gasteiger partial charge < -0.3 is 32.9 Å². The van der Waals surface area contributed by atoms with Crippen molar-refractivity contribution >= 4 is 96.5 Å². The van der Waals surface area contributed by atoms with Gasteiger partial charge in [-0.3, -0.25) is 4.79 Å². The van der Waals surface area contributed by atoms with E-state index in [-0.39, 0.29) is 215 Å². The van der Waals surface area contributed by atoms with E-state index in [0.717, 1.165) is 69.3 Å². The summed E-state index contributed by atoms with van der Waals surface area (Å²) in [6, 6.07) is 3.77. The summed E-state index contributed by atoms with van der Waals surface area (Å²) >= 11 is 8.51. The van der Waals surface area contributed by atoms with E-state index >= 15 is 0 Å². The Morgan fingerprint density at radius 2 is 1.18 bits per heavy atom. The first kappa shape index (κ1) is 68.2. The number of benzene rings is 2. The Morgan fingerprint density at radius 3 is 1.52 bits per heavy atom. The molecule has 0 bridgehead atoms. The Labute approximate surface area is 568 Å². The summed E-state index contributed by atoms with van der Waals surface area (Å²) in [6.07, 6.45) is 6.37. The molecule has 21 nitrogen and oxygen atoms in total. The van der Waals surface area contributed by atoms with E-state index in [1.807, 2.05) is 5.38 Å². The standard InChI is InChI=1S/C21H19F3N6O3S2.C17H15ClF3N5O2S.C4H5NOS.CH2O3.2Cs.H/c1-21(10-35(31,32)30(2)20(25)29-21)14-3-12(5-16(23)19(14)24)4-15(22)17-6-27-18(7-26-17)33-8-13-9-34-11-28-13;1-17(8-29(27,28)26(2)16(22)25-17)10-3-9(5-12(20)15(10)21)4-11(19)13-6-24-14(18)7-23-13;6-1-4-2-7-3-5-4;2-1-4-3;;;/h3-7,9,11H,8,10H2,1-2H3,(H2,25,29);3-7H,8H2,1-2H3,(H2,22,25);2-3,6H,1H2;1,3H;;;/q;;;;2*+1;-1/p-1/b15-4-;11-4-;;;;;/t21-;17-;;;;;/m00...../s1. The van der Waals surface area contributed by atoms with Gasteiger partial charge in [0, 0.05) is 36.0 Å². The zero-order valence-corrected chi connectivity index (χ0v) is 57.7. The zero-order chi connectivity index (χ0) is 55.5. The number of halogens is 7. The molecule has 34 heteroatoms. The molecule has 5 N–H and O–H groups in total. The number of carbonyl (C=O) groups is 1. The van der Waals surface area contributed by atoms with Crippen molar-refractivity contribution in [2.75, 3.05) is 25.6 Å². The monoisotopic (exact) mass is 1410 g/mol. The average molecular weight is 1410 g/mol. The van der Waals surface area contributed by atoms with Crippen LogP contribution in [0.1, 0.15) is 60.3 Å². The molecule has 0 radical (unpaired) electrons. The second-order valence-corrected chi connectivity index (χ2v) is 21.5. The minimum absolute atomic E-state index is 0. The van der Waals surface area contributed by atoms with Crippen molar-refractivity contribution in [2.45, 2.75) is 38.1 Å². The number of ether oxygens (including phenoxy) is 1. The van der Waals surface area contributed by atoms with Gasteiger partial charge in [-0.2, -0.15) is 0 Å². The van der Waals surface area contributed by atoms with Crippen LogP contribution in [0.2, 0.25) is 5.15 Å². The van der Waals surface area contributed by atoms with Crippen LogP contribution in [-0.4, -0.2) is 104 Å². The summed E-state index contributed by atoms with van der Waals surface area (Å²) in [5.41, 5.74) is 11.5. The summed E-state index contributed by atoms with van der Waals surface area (Å²) in [7, 11) is -5.44. The number of aromatic nitrogens is 6. The topological polar surface area (TPSA) is 308 Å². The van der Waals surface area contributed by atoms with Crippen LogP contribution in [0.25, 0.3) is 23.8 Å². The third-order valence-electron chi connectivity index (χ3n) is 10.3. The fraction of sp³-hybridized carbons (Fsp3) is 0.233. The van der Waals surface area contributed by atoms with E-state index in [1.165, 1.54) is 56.8 Å². The van der Waals surface area contributed by atoms with Crippen molar-refractivity contribution in [1.82, 2.24) is 38.5 Å². The molecule has 77 heavy (non-hydrogen) atoms. The van der Waals surface area contributed by atoms with Gasteiger partial charge in [0.15, 0.2) is 34.9 Å². The van der Waals surface area contributed by atoms with Crippen LogP contribution in [0.5, 0.6) is 5.88 Å². The van der Waals surface area contributed by atoms with Crippen LogP contribution >= 0.6 is 34.3 Å². The van der Waals surface area contributed by atoms with Crippen LogP contribution in [0.4, 0.5) is 26.3 Å². The summed E-state index contributed by atoms with van der Waals surface area (Å²) in [4.78, 5) is 42.6. The molecule has 6 aromatic rings. The van der Waals surface area contributed by atoms with Gasteiger partial charge in [0.1, 0.15) is 34.2 Å². The SMILES string of the molecule is CN1C(N)=N[C@](C)(c2cc(/C=C(\F)c3cnc(Cl)cn3)cc(F)c2F)CS1(=O)=O.CN1C(N)=N[C@](C)(c2cc(/C=C(\F)c3cnc(OCc4cscn4)cn3)cc(F)c2F)CS1(=O)=O.O=CO[O-].OCc1cscn1.[Cs+].[Cs+].[H-]. The maximum atomic E-state index is 14.8. The number of aliphatic imine (C=N–C) groups is 2. The Hall–Kier alpha value is -3.06. The van der Waals surface area contributed by atoms with Crippen molar-refractivity contribution in [3.63, 3.8) is 0 Å². The fourth-order valence-corrected chi connectivity index (χ4v) is 10.6. The summed E-state index contributed by atoms with van der Waals surface area (Å²) in [5, 5.41) is 20.5. The molecule has 2 aromatic carbocycles. The van der Waals surface area contributed by atoms with E-state index in [4.69, 9.17) is 43.0 Å². The van der Waals surface area contributed by atoms with Gasteiger partial charge in [0.05, 0.1) is 65.3 Å². The van der Waals surface area contributed by atoms with E-state index in [0.29, 0.717) is 5.69 Å². The van der Waals surface area contributed by atoms with Crippen LogP contribution < -0.4 is 159 Å². The van der Waals surface area contributed by atoms with Crippen molar-refractivity contribution in [3.05, 3.63) is 144 Å². The minimum atomic E-state index is -3.93. The predicted molar refractivity (Wildman–Crippen MR) is 264 cm³/mol. The minimum Gasteiger partial charge on any atom is -1.00 e. The van der Waals surface area contributed by atoms with Crippen molar-refractivity contribution < 1.29 is 207 Å². The first-order valence-electron chi connectivity index (χ1n) is 20.6. The molecule has 8 rings (SSSR count). The summed E-state index contributed by atoms with van der Waals surface area (Å²) in [5.74, 6) is -8.87. The Balaban J connectivity index is 0.000000436. The molecular formula is C43H41ClCs2F6N12O9S4. The molecule has 0 saturated carbocycles. The number of nitrogens with two attached hydrogens (primary N) is 2. The van der Waals surface area contributed by atoms with Gasteiger partial charge in [-0.1, -0.05) is 11.6 Å². The maximum absolute atomic E-state index is 14.8. The molecule has 0 aliphatic carbocycles. The number of hydrogen-bond donors (Lipinski definition) is 3. The molecule has 0 saturated heterocycles. The predicted octanol–water partition coefficient (Wildman–Crippen LogP) is -1.07. The second kappa shape index (κ2) is 30.1. The molecule has 2 aliphatic heterocycles. The molecule has 4 aromatic heterocycles. The van der Waals surface area contributed by atoms with Crippen LogP contribution in [-0.2, 0) is 54.0 Å². The first-order valence-corrected chi connectivity index (χ1v) is 26.1. The number of rotatable bonds is 11. The number of nitrogens with zero attached hydrogens (tertiary/aromatic N) is 10. The van der Waals surface area contributed by atoms with Gasteiger partial charge in [-0.15, -0.1) is 22.7 Å². The quantitative estimate of drug-likeness (QED) is 0.0602. The average Bonchev–Trinajstić information content (AvgIpc) is 4.10. The molecule has 2 aliphatic rings. The zero-order valence-electron chi connectivity index (χ0n) is 42.1. The molecule has 0 unspecified atom stereocenters. The molecule has 402 valence electrons. The summed E-state index contributed by atoms with van der Waals surface area (Å²) in [6.45, 7) is 2.66. The number of aliphatic hydroxyl groups excluding tert-OH is 1. The fourth-order valence-electron chi connectivity index (χ4n) is 6.51. The molecule has 2 atom stereocenters. The number of sulfonamides is 2. The molecule has 6 heterocycles. The van der Waals surface area contributed by atoms with Gasteiger partial charge in [0.2, 0.25) is 37.8 Å². The van der Waals surface area contributed by atoms with Gasteiger partial charge in [-0.25, -0.2) is 91.7 Å². The molecular weight excluding hydrogens is 1370 g/mol. The summed E-state index contributed by atoms with van der Waals surface area (Å²) < 4.78 is 144. The van der Waals surface area contributed by atoms with Crippen molar-refractivity contribution in [2.24, 2.45) is 21.5 Å². The maximum Gasteiger partial charge on any atom is 1.00 e. The first-order chi connectivity index (χ1) is 35.3. The van der Waals surface area contributed by atoms with E-state index < -0.39 is 77.6 Å². The third kappa shape index (κ3) is 18.5. The van der Waals surface area contributed by atoms with Gasteiger partial charge in [-0.05, 0) is 61.4 Å².